The molecule has 0 amide bonds. The number of thiophene rings is 2. The van der Waals surface area contributed by atoms with Crippen LogP contribution in [0.5, 0.6) is 0 Å². The van der Waals surface area contributed by atoms with Crippen LogP contribution in [0.25, 0.3) is 9.75 Å². The molecule has 6 nitrogen and oxygen atoms in total. The van der Waals surface area contributed by atoms with Gasteiger partial charge in [-0.15, -0.1) is 22.7 Å². The van der Waals surface area contributed by atoms with Crippen LogP contribution in [0.3, 0.4) is 0 Å². The lowest BCUT2D eigenvalue weighted by atomic mass is 10.1. The minimum atomic E-state index is -0.402. The molecule has 0 spiro atoms. The van der Waals surface area contributed by atoms with Gasteiger partial charge in [-0.3, -0.25) is 20.2 Å². The van der Waals surface area contributed by atoms with Crippen molar-refractivity contribution in [3.05, 3.63) is 113 Å². The van der Waals surface area contributed by atoms with Crippen molar-refractivity contribution in [2.24, 2.45) is 0 Å². The molecule has 0 saturated heterocycles. The summed E-state index contributed by atoms with van der Waals surface area (Å²) in [5, 5.41) is 22.0. The second-order valence-corrected chi connectivity index (χ2v) is 12.8. The van der Waals surface area contributed by atoms with E-state index in [9.17, 15) is 20.2 Å². The van der Waals surface area contributed by atoms with Crippen LogP contribution in [0, 0.1) is 43.9 Å². The predicted molar refractivity (Wildman–Crippen MR) is 181 cm³/mol. The third kappa shape index (κ3) is 9.38. The smallest absolute Gasteiger partial charge is 0.258 e. The van der Waals surface area contributed by atoms with E-state index in [2.05, 4.69) is 49.7 Å². The number of nitro groups is 2. The van der Waals surface area contributed by atoms with Gasteiger partial charge in [-0.1, -0.05) is 76.1 Å². The highest BCUT2D eigenvalue weighted by atomic mass is 32.1. The quantitative estimate of drug-likeness (QED) is 0.0641. The van der Waals surface area contributed by atoms with Gasteiger partial charge in [-0.2, -0.15) is 0 Å². The monoisotopic (exact) mass is 624 g/mol. The summed E-state index contributed by atoms with van der Waals surface area (Å²) in [6, 6.07) is 17.3. The first-order chi connectivity index (χ1) is 21.4. The van der Waals surface area contributed by atoms with Gasteiger partial charge in [0.15, 0.2) is 0 Å². The Balaban J connectivity index is 1.66. The van der Waals surface area contributed by atoms with Gasteiger partial charge in [0, 0.05) is 45.1 Å². The maximum Gasteiger partial charge on any atom is 0.269 e. The Labute approximate surface area is 267 Å². The summed E-state index contributed by atoms with van der Waals surface area (Å²) < 4.78 is 0. The molecular weight excluding hydrogens is 589 g/mol. The predicted octanol–water partition coefficient (Wildman–Crippen LogP) is 10.3. The Bertz CT molecular complexity index is 1570. The third-order valence-corrected chi connectivity index (χ3v) is 9.64. The Morgan fingerprint density at radius 1 is 0.568 bits per heavy atom. The van der Waals surface area contributed by atoms with Crippen LogP contribution in [-0.4, -0.2) is 9.85 Å². The van der Waals surface area contributed by atoms with Crippen molar-refractivity contribution < 1.29 is 9.85 Å². The zero-order chi connectivity index (χ0) is 31.3. The highest BCUT2D eigenvalue weighted by Crippen LogP contribution is 2.38. The number of nitrogens with zero attached hydrogens (tertiary/aromatic N) is 2. The molecule has 2 heterocycles. The number of hydrogen-bond acceptors (Lipinski definition) is 6. The summed E-state index contributed by atoms with van der Waals surface area (Å²) in [6.45, 7) is 4.42. The lowest BCUT2D eigenvalue weighted by Crippen LogP contribution is -1.87. The summed E-state index contributed by atoms with van der Waals surface area (Å²) in [6.07, 6.45) is 11.3. The summed E-state index contributed by atoms with van der Waals surface area (Å²) in [5.74, 6) is 13.2. The van der Waals surface area contributed by atoms with Crippen molar-refractivity contribution in [3.8, 4) is 33.4 Å². The number of non-ortho nitro benzene ring substituents is 2. The van der Waals surface area contributed by atoms with Gasteiger partial charge < -0.3 is 0 Å². The minimum absolute atomic E-state index is 0.0567. The zero-order valence-electron chi connectivity index (χ0n) is 25.2. The van der Waals surface area contributed by atoms with Crippen LogP contribution in [0.1, 0.15) is 97.2 Å². The Hall–Kier alpha value is -4.24. The fourth-order valence-corrected chi connectivity index (χ4v) is 6.96. The van der Waals surface area contributed by atoms with Gasteiger partial charge in [-0.05, 0) is 73.2 Å². The SMILES string of the molecule is CCCCCCc1cc(-c2cc(CCCCCC)c(C#Cc3ccc([N+](=O)[O-])cc3)s2)sc1C#Cc1ccc([N+](=O)[O-])cc1. The Kier molecular flexibility index (Phi) is 12.3. The molecule has 0 radical (unpaired) electrons. The molecule has 4 aromatic rings. The number of benzene rings is 2. The molecule has 0 fully saturated rings. The number of nitro benzene ring substituents is 2. The standard InChI is InChI=1S/C36H36N2O4S2/c1-3-5-7-9-11-29-25-35(43-33(29)23-17-27-13-19-31(20-14-27)37(39)40)36-26-30(12-10-8-6-4-2)34(44-36)24-18-28-15-21-32(22-16-28)38(41)42/h13-16,19-22,25-26H,3-12H2,1-2H3. The molecule has 0 saturated carbocycles. The first-order valence-electron chi connectivity index (χ1n) is 15.2. The molecule has 0 unspecified atom stereocenters. The second kappa shape index (κ2) is 16.6. The van der Waals surface area contributed by atoms with Crippen molar-refractivity contribution in [1.82, 2.24) is 0 Å². The average Bonchev–Trinajstić information content (AvgIpc) is 3.63. The van der Waals surface area contributed by atoms with Gasteiger partial charge in [0.25, 0.3) is 11.4 Å². The maximum absolute atomic E-state index is 11.0. The third-order valence-electron chi connectivity index (χ3n) is 7.26. The van der Waals surface area contributed by atoms with E-state index in [-0.39, 0.29) is 11.4 Å². The van der Waals surface area contributed by atoms with Crippen molar-refractivity contribution in [2.75, 3.05) is 0 Å². The van der Waals surface area contributed by atoms with E-state index < -0.39 is 9.85 Å². The van der Waals surface area contributed by atoms with Gasteiger partial charge in [0.05, 0.1) is 19.6 Å². The van der Waals surface area contributed by atoms with Crippen LogP contribution < -0.4 is 0 Å². The van der Waals surface area contributed by atoms with Crippen LogP contribution in [-0.2, 0) is 12.8 Å². The van der Waals surface area contributed by atoms with Crippen molar-refractivity contribution in [3.63, 3.8) is 0 Å². The molecule has 0 N–H and O–H groups in total. The van der Waals surface area contributed by atoms with Crippen LogP contribution in [0.2, 0.25) is 0 Å². The Morgan fingerprint density at radius 3 is 1.30 bits per heavy atom. The molecule has 44 heavy (non-hydrogen) atoms. The summed E-state index contributed by atoms with van der Waals surface area (Å²) in [7, 11) is 0. The second-order valence-electron chi connectivity index (χ2n) is 10.7. The number of hydrogen-bond donors (Lipinski definition) is 0. The molecule has 2 aromatic carbocycles. The first kappa shape index (κ1) is 32.7. The topological polar surface area (TPSA) is 86.3 Å². The number of rotatable bonds is 13. The molecule has 226 valence electrons. The highest BCUT2D eigenvalue weighted by Gasteiger charge is 2.15. The van der Waals surface area contributed by atoms with Gasteiger partial charge in [0.2, 0.25) is 0 Å². The first-order valence-corrected chi connectivity index (χ1v) is 16.8. The summed E-state index contributed by atoms with van der Waals surface area (Å²) in [4.78, 5) is 25.7. The van der Waals surface area contributed by atoms with Gasteiger partial charge in [0.1, 0.15) is 0 Å². The number of unbranched alkanes of at least 4 members (excludes halogenated alkanes) is 6. The van der Waals surface area contributed by atoms with E-state index in [4.69, 9.17) is 0 Å². The summed E-state index contributed by atoms with van der Waals surface area (Å²) in [5.41, 5.74) is 4.09. The molecule has 0 bridgehead atoms. The van der Waals surface area contributed by atoms with Crippen LogP contribution in [0.15, 0.2) is 60.7 Å². The molecule has 2 aromatic heterocycles. The largest absolute Gasteiger partial charge is 0.269 e. The van der Waals surface area contributed by atoms with Gasteiger partial charge >= 0.3 is 0 Å². The zero-order valence-corrected chi connectivity index (χ0v) is 26.8. The fourth-order valence-electron chi connectivity index (χ4n) is 4.76. The molecule has 0 aliphatic carbocycles. The molecule has 4 rings (SSSR count). The fraction of sp³-hybridized carbons (Fsp3) is 0.333. The Morgan fingerprint density at radius 2 is 0.955 bits per heavy atom. The lowest BCUT2D eigenvalue weighted by molar-refractivity contribution is -0.385. The normalized spacial score (nSPS) is 10.5. The van der Waals surface area contributed by atoms with E-state index in [0.29, 0.717) is 0 Å². The maximum atomic E-state index is 11.0. The van der Waals surface area contributed by atoms with E-state index in [0.717, 1.165) is 46.6 Å². The van der Waals surface area contributed by atoms with E-state index in [1.54, 1.807) is 46.9 Å². The van der Waals surface area contributed by atoms with E-state index >= 15 is 0 Å². The van der Waals surface area contributed by atoms with Crippen molar-refractivity contribution in [1.29, 1.82) is 0 Å². The molecule has 8 heteroatoms. The van der Waals surface area contributed by atoms with Crippen LogP contribution >= 0.6 is 22.7 Å². The average molecular weight is 625 g/mol. The minimum Gasteiger partial charge on any atom is -0.258 e. The molecule has 0 aliphatic rings. The highest BCUT2D eigenvalue weighted by molar-refractivity contribution is 7.22. The lowest BCUT2D eigenvalue weighted by Gasteiger charge is -1.99. The van der Waals surface area contributed by atoms with Gasteiger partial charge in [-0.25, -0.2) is 0 Å². The number of aryl methyl sites for hydroxylation is 2. The van der Waals surface area contributed by atoms with E-state index in [1.165, 1.54) is 83.7 Å². The van der Waals surface area contributed by atoms with E-state index in [1.807, 2.05) is 0 Å². The molecular formula is C36H36N2O4S2. The van der Waals surface area contributed by atoms with Crippen molar-refractivity contribution >= 4 is 34.0 Å². The molecule has 0 atom stereocenters. The van der Waals surface area contributed by atoms with Crippen molar-refractivity contribution in [2.45, 2.75) is 78.1 Å². The molecule has 0 aliphatic heterocycles. The van der Waals surface area contributed by atoms with Crippen LogP contribution in [0.4, 0.5) is 11.4 Å². The summed E-state index contributed by atoms with van der Waals surface area (Å²) >= 11 is 3.39.